The number of aliphatic hydroxyl groups excluding tert-OH is 1. The highest BCUT2D eigenvalue weighted by Gasteiger charge is 2.14. The van der Waals surface area contributed by atoms with Crippen LogP contribution in [-0.2, 0) is 0 Å². The molecule has 1 aromatic rings. The van der Waals surface area contributed by atoms with Crippen molar-refractivity contribution in [1.29, 1.82) is 0 Å². The molecule has 0 bridgehead atoms. The molecular weight excluding hydrogens is 291 g/mol. The molecule has 0 saturated heterocycles. The van der Waals surface area contributed by atoms with E-state index in [9.17, 15) is 0 Å². The zero-order chi connectivity index (χ0) is 12.1. The lowest BCUT2D eigenvalue weighted by molar-refractivity contribution is 0.288. The highest BCUT2D eigenvalue weighted by Crippen LogP contribution is 2.27. The SMILES string of the molecule is CC(C)N(CCCO)c1ncc(Br)cc1Cl. The number of pyridine rings is 1. The molecule has 1 heterocycles. The van der Waals surface area contributed by atoms with Crippen molar-refractivity contribution in [1.82, 2.24) is 4.98 Å². The van der Waals surface area contributed by atoms with Gasteiger partial charge in [0.1, 0.15) is 5.82 Å². The predicted octanol–water partition coefficient (Wildman–Crippen LogP) is 3.09. The second kappa shape index (κ2) is 6.42. The Morgan fingerprint density at radius 1 is 1.56 bits per heavy atom. The van der Waals surface area contributed by atoms with Crippen LogP contribution in [0.4, 0.5) is 5.82 Å². The minimum atomic E-state index is 0.178. The number of halogens is 2. The molecule has 0 radical (unpaired) electrons. The van der Waals surface area contributed by atoms with Crippen LogP contribution in [0.2, 0.25) is 5.02 Å². The number of hydrogen-bond donors (Lipinski definition) is 1. The second-order valence-corrected chi connectivity index (χ2v) is 5.15. The van der Waals surface area contributed by atoms with Crippen LogP contribution in [0, 0.1) is 0 Å². The Morgan fingerprint density at radius 3 is 2.75 bits per heavy atom. The smallest absolute Gasteiger partial charge is 0.147 e. The monoisotopic (exact) mass is 306 g/mol. The number of aromatic nitrogens is 1. The Balaban J connectivity index is 2.92. The summed E-state index contributed by atoms with van der Waals surface area (Å²) in [5, 5.41) is 9.50. The van der Waals surface area contributed by atoms with Crippen molar-refractivity contribution in [2.45, 2.75) is 26.3 Å². The van der Waals surface area contributed by atoms with Gasteiger partial charge < -0.3 is 10.0 Å². The van der Waals surface area contributed by atoms with E-state index in [0.29, 0.717) is 17.5 Å². The van der Waals surface area contributed by atoms with Gasteiger partial charge >= 0.3 is 0 Å². The molecule has 0 unspecified atom stereocenters. The van der Waals surface area contributed by atoms with Crippen molar-refractivity contribution in [3.63, 3.8) is 0 Å². The topological polar surface area (TPSA) is 36.4 Å². The Labute approximate surface area is 110 Å². The summed E-state index contributed by atoms with van der Waals surface area (Å²) in [6, 6.07) is 2.14. The normalized spacial score (nSPS) is 10.9. The standard InChI is InChI=1S/C11H16BrClN2O/c1-8(2)15(4-3-5-16)11-10(13)6-9(12)7-14-11/h6-8,16H,3-5H2,1-2H3. The van der Waals surface area contributed by atoms with Crippen LogP contribution in [-0.4, -0.2) is 29.3 Å². The van der Waals surface area contributed by atoms with E-state index in [1.54, 1.807) is 6.20 Å². The second-order valence-electron chi connectivity index (χ2n) is 3.82. The maximum Gasteiger partial charge on any atom is 0.147 e. The average molecular weight is 308 g/mol. The van der Waals surface area contributed by atoms with Gasteiger partial charge in [-0.3, -0.25) is 0 Å². The summed E-state index contributed by atoms with van der Waals surface area (Å²) < 4.78 is 0.868. The number of rotatable bonds is 5. The largest absolute Gasteiger partial charge is 0.396 e. The fourth-order valence-electron chi connectivity index (χ4n) is 1.47. The maximum atomic E-state index is 8.87. The van der Waals surface area contributed by atoms with Crippen LogP contribution >= 0.6 is 27.5 Å². The summed E-state index contributed by atoms with van der Waals surface area (Å²) >= 11 is 9.48. The molecule has 0 spiro atoms. The minimum absolute atomic E-state index is 0.178. The summed E-state index contributed by atoms with van der Waals surface area (Å²) in [7, 11) is 0. The third kappa shape index (κ3) is 3.61. The van der Waals surface area contributed by atoms with E-state index in [1.165, 1.54) is 0 Å². The van der Waals surface area contributed by atoms with Crippen molar-refractivity contribution in [2.75, 3.05) is 18.1 Å². The van der Waals surface area contributed by atoms with Gasteiger partial charge in [-0.15, -0.1) is 0 Å². The van der Waals surface area contributed by atoms with Crippen molar-refractivity contribution in [3.05, 3.63) is 21.8 Å². The molecule has 16 heavy (non-hydrogen) atoms. The van der Waals surface area contributed by atoms with Gasteiger partial charge in [0.2, 0.25) is 0 Å². The van der Waals surface area contributed by atoms with Gasteiger partial charge in [-0.05, 0) is 42.3 Å². The van der Waals surface area contributed by atoms with Gasteiger partial charge in [0.15, 0.2) is 0 Å². The Morgan fingerprint density at radius 2 is 2.25 bits per heavy atom. The van der Waals surface area contributed by atoms with Gasteiger partial charge in [-0.2, -0.15) is 0 Å². The number of aliphatic hydroxyl groups is 1. The maximum absolute atomic E-state index is 8.87. The quantitative estimate of drug-likeness (QED) is 0.908. The molecule has 0 atom stereocenters. The lowest BCUT2D eigenvalue weighted by atomic mass is 10.2. The first-order valence-corrected chi connectivity index (χ1v) is 6.42. The van der Waals surface area contributed by atoms with E-state index < -0.39 is 0 Å². The van der Waals surface area contributed by atoms with Crippen LogP contribution < -0.4 is 4.90 Å². The van der Waals surface area contributed by atoms with E-state index in [1.807, 2.05) is 6.07 Å². The fourth-order valence-corrected chi connectivity index (χ4v) is 2.21. The van der Waals surface area contributed by atoms with Crippen LogP contribution in [0.25, 0.3) is 0 Å². The number of hydrogen-bond acceptors (Lipinski definition) is 3. The first-order chi connectivity index (χ1) is 7.56. The van der Waals surface area contributed by atoms with Gasteiger partial charge in [-0.1, -0.05) is 11.6 Å². The molecule has 0 saturated carbocycles. The third-order valence-electron chi connectivity index (χ3n) is 2.24. The molecule has 0 aliphatic heterocycles. The molecular formula is C11H16BrClN2O. The molecule has 1 N–H and O–H groups in total. The predicted molar refractivity (Wildman–Crippen MR) is 71.1 cm³/mol. The first-order valence-electron chi connectivity index (χ1n) is 5.24. The summed E-state index contributed by atoms with van der Waals surface area (Å²) in [4.78, 5) is 6.41. The Bertz CT molecular complexity index is 347. The van der Waals surface area contributed by atoms with E-state index in [-0.39, 0.29) is 6.61 Å². The van der Waals surface area contributed by atoms with E-state index in [4.69, 9.17) is 16.7 Å². The zero-order valence-electron chi connectivity index (χ0n) is 9.45. The summed E-state index contributed by atoms with van der Waals surface area (Å²) in [6.07, 6.45) is 2.45. The van der Waals surface area contributed by atoms with Gasteiger partial charge in [0.25, 0.3) is 0 Å². The minimum Gasteiger partial charge on any atom is -0.396 e. The molecule has 0 fully saturated rings. The van der Waals surface area contributed by atoms with Crippen molar-refractivity contribution < 1.29 is 5.11 Å². The average Bonchev–Trinajstić information content (AvgIpc) is 2.20. The molecule has 1 rings (SSSR count). The molecule has 5 heteroatoms. The van der Waals surface area contributed by atoms with E-state index in [2.05, 4.69) is 39.7 Å². The van der Waals surface area contributed by atoms with Crippen LogP contribution in [0.1, 0.15) is 20.3 Å². The van der Waals surface area contributed by atoms with Crippen LogP contribution in [0.3, 0.4) is 0 Å². The molecule has 3 nitrogen and oxygen atoms in total. The van der Waals surface area contributed by atoms with Gasteiger partial charge in [-0.25, -0.2) is 4.98 Å². The summed E-state index contributed by atoms with van der Waals surface area (Å²) in [5.41, 5.74) is 0. The highest BCUT2D eigenvalue weighted by molar-refractivity contribution is 9.10. The molecule has 90 valence electrons. The molecule has 1 aromatic heterocycles. The Hall–Kier alpha value is -0.320. The first kappa shape index (κ1) is 13.7. The highest BCUT2D eigenvalue weighted by atomic mass is 79.9. The number of anilines is 1. The number of nitrogens with zero attached hydrogens (tertiary/aromatic N) is 2. The lowest BCUT2D eigenvalue weighted by Crippen LogP contribution is -2.33. The molecule has 0 aliphatic carbocycles. The zero-order valence-corrected chi connectivity index (χ0v) is 11.8. The summed E-state index contributed by atoms with van der Waals surface area (Å²) in [5.74, 6) is 0.772. The van der Waals surface area contributed by atoms with Crippen LogP contribution in [0.5, 0.6) is 0 Å². The fraction of sp³-hybridized carbons (Fsp3) is 0.545. The van der Waals surface area contributed by atoms with E-state index >= 15 is 0 Å². The lowest BCUT2D eigenvalue weighted by Gasteiger charge is -2.28. The molecule has 0 amide bonds. The molecule has 0 aliphatic rings. The third-order valence-corrected chi connectivity index (χ3v) is 2.95. The van der Waals surface area contributed by atoms with Crippen molar-refractivity contribution in [3.8, 4) is 0 Å². The molecule has 0 aromatic carbocycles. The van der Waals surface area contributed by atoms with Crippen molar-refractivity contribution in [2.24, 2.45) is 0 Å². The van der Waals surface area contributed by atoms with Crippen molar-refractivity contribution >= 4 is 33.3 Å². The van der Waals surface area contributed by atoms with Crippen LogP contribution in [0.15, 0.2) is 16.7 Å². The van der Waals surface area contributed by atoms with E-state index in [0.717, 1.165) is 16.8 Å². The van der Waals surface area contributed by atoms with Gasteiger partial charge in [0, 0.05) is 29.9 Å². The van der Waals surface area contributed by atoms with Gasteiger partial charge in [0.05, 0.1) is 5.02 Å². The summed E-state index contributed by atoms with van der Waals surface area (Å²) in [6.45, 7) is 5.09. The Kier molecular flexibility index (Phi) is 5.52.